The van der Waals surface area contributed by atoms with E-state index < -0.39 is 12.1 Å². The molecule has 7 heteroatoms. The lowest BCUT2D eigenvalue weighted by atomic mass is 10.0. The lowest BCUT2D eigenvalue weighted by Gasteiger charge is -2.20. The van der Waals surface area contributed by atoms with Gasteiger partial charge in [-0.15, -0.1) is 11.3 Å². The van der Waals surface area contributed by atoms with Gasteiger partial charge in [0.2, 0.25) is 5.91 Å². The molecule has 2 amide bonds. The monoisotopic (exact) mass is 373 g/mol. The Morgan fingerprint density at radius 3 is 2.65 bits per heavy atom. The second-order valence-electron chi connectivity index (χ2n) is 6.42. The van der Waals surface area contributed by atoms with Crippen LogP contribution in [0.3, 0.4) is 0 Å². The maximum absolute atomic E-state index is 12.7. The number of hydrogen-bond donors (Lipinski definition) is 4. The van der Waals surface area contributed by atoms with Crippen LogP contribution in [0.15, 0.2) is 47.8 Å². The molecule has 26 heavy (non-hydrogen) atoms. The number of hydrogen-bond acceptors (Lipinski definition) is 5. The highest BCUT2D eigenvalue weighted by molar-refractivity contribution is 7.12. The fraction of sp³-hybridized carbons (Fsp3) is 0.368. The van der Waals surface area contributed by atoms with Crippen LogP contribution in [0.4, 0.5) is 0 Å². The Balaban J connectivity index is 1.64. The quantitative estimate of drug-likeness (QED) is 0.578. The van der Waals surface area contributed by atoms with E-state index >= 15 is 0 Å². The molecular formula is C19H23N3O3S. The van der Waals surface area contributed by atoms with Crippen LogP contribution in [0.1, 0.15) is 15.2 Å². The first-order chi connectivity index (χ1) is 12.6. The third-order valence-corrected chi connectivity index (χ3v) is 5.36. The predicted molar refractivity (Wildman–Crippen MR) is 101 cm³/mol. The molecule has 6 nitrogen and oxygen atoms in total. The fourth-order valence-electron chi connectivity index (χ4n) is 2.98. The first-order valence-electron chi connectivity index (χ1n) is 8.68. The lowest BCUT2D eigenvalue weighted by molar-refractivity contribution is -0.123. The largest absolute Gasteiger partial charge is 0.391 e. The number of benzene rings is 1. The highest BCUT2D eigenvalue weighted by atomic mass is 32.1. The average Bonchev–Trinajstić information content (AvgIpc) is 3.32. The number of aliphatic hydroxyl groups excluding tert-OH is 1. The van der Waals surface area contributed by atoms with Crippen molar-refractivity contribution in [3.63, 3.8) is 0 Å². The number of aliphatic hydroxyl groups is 1. The van der Waals surface area contributed by atoms with Crippen molar-refractivity contribution in [2.24, 2.45) is 5.92 Å². The SMILES string of the molecule is O=C(NC(Cc1ccccc1)C(=O)NCC1CNCC1O)c1cccs1. The molecule has 0 saturated carbocycles. The van der Waals surface area contributed by atoms with E-state index in [0.717, 1.165) is 5.56 Å². The van der Waals surface area contributed by atoms with E-state index in [1.807, 2.05) is 35.7 Å². The van der Waals surface area contributed by atoms with E-state index in [9.17, 15) is 14.7 Å². The van der Waals surface area contributed by atoms with Crippen LogP contribution in [0.25, 0.3) is 0 Å². The molecule has 4 N–H and O–H groups in total. The van der Waals surface area contributed by atoms with Gasteiger partial charge >= 0.3 is 0 Å². The van der Waals surface area contributed by atoms with Gasteiger partial charge in [-0.2, -0.15) is 0 Å². The Kier molecular flexibility index (Phi) is 6.38. The first-order valence-corrected chi connectivity index (χ1v) is 9.56. The topological polar surface area (TPSA) is 90.5 Å². The summed E-state index contributed by atoms with van der Waals surface area (Å²) in [5, 5.41) is 20.5. The molecule has 2 aromatic rings. The van der Waals surface area contributed by atoms with Crippen molar-refractivity contribution < 1.29 is 14.7 Å². The van der Waals surface area contributed by atoms with Crippen molar-refractivity contribution in [2.45, 2.75) is 18.6 Å². The van der Waals surface area contributed by atoms with E-state index in [2.05, 4.69) is 16.0 Å². The summed E-state index contributed by atoms with van der Waals surface area (Å²) in [6, 6.07) is 12.5. The van der Waals surface area contributed by atoms with Gasteiger partial charge < -0.3 is 21.1 Å². The zero-order valence-corrected chi connectivity index (χ0v) is 15.2. The summed E-state index contributed by atoms with van der Waals surface area (Å²) < 4.78 is 0. The third kappa shape index (κ3) is 4.91. The van der Waals surface area contributed by atoms with Crippen molar-refractivity contribution in [3.8, 4) is 0 Å². The molecule has 0 aliphatic carbocycles. The van der Waals surface area contributed by atoms with Gasteiger partial charge in [-0.25, -0.2) is 0 Å². The zero-order chi connectivity index (χ0) is 18.4. The molecule has 1 saturated heterocycles. The number of β-amino-alcohol motifs (C(OH)–C–C–N with tert-alkyl or cyclic N) is 1. The number of amides is 2. The zero-order valence-electron chi connectivity index (χ0n) is 14.4. The molecule has 0 spiro atoms. The van der Waals surface area contributed by atoms with Crippen LogP contribution < -0.4 is 16.0 Å². The van der Waals surface area contributed by atoms with Crippen molar-refractivity contribution in [1.82, 2.24) is 16.0 Å². The molecule has 1 aliphatic rings. The summed E-state index contributed by atoms with van der Waals surface area (Å²) in [5.41, 5.74) is 0.974. The molecule has 2 heterocycles. The van der Waals surface area contributed by atoms with Crippen LogP contribution in [-0.4, -0.2) is 48.7 Å². The minimum absolute atomic E-state index is 0.00989. The summed E-state index contributed by atoms with van der Waals surface area (Å²) >= 11 is 1.34. The molecule has 3 rings (SSSR count). The summed E-state index contributed by atoms with van der Waals surface area (Å²) in [6.45, 7) is 1.60. The standard InChI is InChI=1S/C19H23N3O3S/c23-16-12-20-10-14(16)11-21-18(24)15(9-13-5-2-1-3-6-13)22-19(25)17-7-4-8-26-17/h1-8,14-16,20,23H,9-12H2,(H,21,24)(H,22,25). The number of nitrogens with one attached hydrogen (secondary N) is 3. The van der Waals surface area contributed by atoms with E-state index in [4.69, 9.17) is 0 Å². The molecule has 3 atom stereocenters. The Morgan fingerprint density at radius 1 is 1.19 bits per heavy atom. The van der Waals surface area contributed by atoms with Crippen LogP contribution >= 0.6 is 11.3 Å². The molecule has 1 fully saturated rings. The molecule has 0 radical (unpaired) electrons. The Hall–Kier alpha value is -2.22. The molecule has 1 aromatic carbocycles. The Labute approximate surface area is 156 Å². The summed E-state index contributed by atoms with van der Waals surface area (Å²) in [6.07, 6.45) is -0.0431. The average molecular weight is 373 g/mol. The van der Waals surface area contributed by atoms with E-state index in [0.29, 0.717) is 30.9 Å². The van der Waals surface area contributed by atoms with Crippen LogP contribution in [-0.2, 0) is 11.2 Å². The summed E-state index contributed by atoms with van der Waals surface area (Å²) in [7, 11) is 0. The maximum Gasteiger partial charge on any atom is 0.262 e. The smallest absolute Gasteiger partial charge is 0.262 e. The van der Waals surface area contributed by atoms with Gasteiger partial charge in [0.05, 0.1) is 11.0 Å². The van der Waals surface area contributed by atoms with Crippen molar-refractivity contribution in [2.75, 3.05) is 19.6 Å². The van der Waals surface area contributed by atoms with Crippen molar-refractivity contribution in [1.29, 1.82) is 0 Å². The maximum atomic E-state index is 12.7. The van der Waals surface area contributed by atoms with Crippen molar-refractivity contribution in [3.05, 3.63) is 58.3 Å². The normalized spacial score (nSPS) is 20.5. The minimum atomic E-state index is -0.668. The van der Waals surface area contributed by atoms with Gasteiger partial charge in [-0.05, 0) is 17.0 Å². The van der Waals surface area contributed by atoms with E-state index in [1.54, 1.807) is 12.1 Å². The van der Waals surface area contributed by atoms with Gasteiger partial charge in [-0.1, -0.05) is 36.4 Å². The van der Waals surface area contributed by atoms with Crippen molar-refractivity contribution >= 4 is 23.2 Å². The minimum Gasteiger partial charge on any atom is -0.391 e. The predicted octanol–water partition coefficient (Wildman–Crippen LogP) is 0.786. The number of rotatable bonds is 7. The molecular weight excluding hydrogens is 350 g/mol. The molecule has 0 bridgehead atoms. The second kappa shape index (κ2) is 8.93. The van der Waals surface area contributed by atoms with Gasteiger partial charge in [0.1, 0.15) is 6.04 Å². The van der Waals surface area contributed by atoms with Crippen LogP contribution in [0.2, 0.25) is 0 Å². The lowest BCUT2D eigenvalue weighted by Crippen LogP contribution is -2.49. The van der Waals surface area contributed by atoms with Gasteiger partial charge in [0, 0.05) is 32.0 Å². The van der Waals surface area contributed by atoms with E-state index in [1.165, 1.54) is 11.3 Å². The molecule has 1 aliphatic heterocycles. The Bertz CT molecular complexity index is 721. The van der Waals surface area contributed by atoms with Gasteiger partial charge in [0.25, 0.3) is 5.91 Å². The molecule has 138 valence electrons. The Morgan fingerprint density at radius 2 is 2.00 bits per heavy atom. The number of carbonyl (C=O) groups excluding carboxylic acids is 2. The molecule has 1 aromatic heterocycles. The molecule has 3 unspecified atom stereocenters. The first kappa shape index (κ1) is 18.6. The fourth-order valence-corrected chi connectivity index (χ4v) is 3.61. The number of carbonyl (C=O) groups is 2. The van der Waals surface area contributed by atoms with Gasteiger partial charge in [0.15, 0.2) is 0 Å². The van der Waals surface area contributed by atoms with Crippen LogP contribution in [0.5, 0.6) is 0 Å². The number of thiophene rings is 1. The van der Waals surface area contributed by atoms with Crippen LogP contribution in [0, 0.1) is 5.92 Å². The highest BCUT2D eigenvalue weighted by Gasteiger charge is 2.27. The third-order valence-electron chi connectivity index (χ3n) is 4.49. The van der Waals surface area contributed by atoms with Gasteiger partial charge in [-0.3, -0.25) is 9.59 Å². The van der Waals surface area contributed by atoms with E-state index in [-0.39, 0.29) is 17.7 Å². The summed E-state index contributed by atoms with van der Waals surface area (Å²) in [5.74, 6) is -0.499. The highest BCUT2D eigenvalue weighted by Crippen LogP contribution is 2.11. The summed E-state index contributed by atoms with van der Waals surface area (Å²) in [4.78, 5) is 25.7. The second-order valence-corrected chi connectivity index (χ2v) is 7.37.